The summed E-state index contributed by atoms with van der Waals surface area (Å²) in [7, 11) is 0. The number of hydrogen-bond acceptors (Lipinski definition) is 8. The molecule has 180 valence electrons. The van der Waals surface area contributed by atoms with Gasteiger partial charge >= 0.3 is 0 Å². The van der Waals surface area contributed by atoms with Gasteiger partial charge in [-0.25, -0.2) is 9.97 Å². The van der Waals surface area contributed by atoms with Crippen LogP contribution in [0.2, 0.25) is 0 Å². The first-order chi connectivity index (χ1) is 16.4. The highest BCUT2D eigenvalue weighted by molar-refractivity contribution is 7.10. The summed E-state index contributed by atoms with van der Waals surface area (Å²) < 4.78 is 4.23. The first-order valence-corrected chi connectivity index (χ1v) is 12.2. The highest BCUT2D eigenvalue weighted by Gasteiger charge is 2.24. The normalized spacial score (nSPS) is 15.2. The van der Waals surface area contributed by atoms with Crippen molar-refractivity contribution in [3.8, 4) is 0 Å². The van der Waals surface area contributed by atoms with Crippen molar-refractivity contribution in [2.75, 3.05) is 23.3 Å². The third-order valence-electron chi connectivity index (χ3n) is 5.22. The zero-order valence-corrected chi connectivity index (χ0v) is 20.8. The first-order valence-electron chi connectivity index (χ1n) is 11.4. The molecule has 0 bridgehead atoms. The fourth-order valence-corrected chi connectivity index (χ4v) is 4.36. The van der Waals surface area contributed by atoms with Crippen LogP contribution in [0.15, 0.2) is 36.5 Å². The number of amides is 2. The SMILES string of the molecule is CC.Cc1cccc(C(=O)N[C@@H]2CCCN(c3cnc(C(N)=O)c(Nc4cc(C)ns4)n3)C2)c1. The maximum Gasteiger partial charge on any atom is 0.271 e. The van der Waals surface area contributed by atoms with Crippen LogP contribution in [0.25, 0.3) is 0 Å². The van der Waals surface area contributed by atoms with Gasteiger partial charge in [0.2, 0.25) is 0 Å². The number of nitrogens with zero attached hydrogens (tertiary/aromatic N) is 4. The van der Waals surface area contributed by atoms with Crippen LogP contribution < -0.4 is 21.3 Å². The van der Waals surface area contributed by atoms with E-state index in [1.165, 1.54) is 11.5 Å². The fourth-order valence-electron chi connectivity index (χ4n) is 3.70. The lowest BCUT2D eigenvalue weighted by atomic mass is 10.0. The molecule has 0 unspecified atom stereocenters. The molecule has 4 N–H and O–H groups in total. The van der Waals surface area contributed by atoms with E-state index in [4.69, 9.17) is 5.73 Å². The summed E-state index contributed by atoms with van der Waals surface area (Å²) in [5.41, 5.74) is 8.12. The number of rotatable bonds is 6. The second-order valence-corrected chi connectivity index (χ2v) is 8.68. The maximum atomic E-state index is 12.7. The Morgan fingerprint density at radius 1 is 1.21 bits per heavy atom. The molecule has 1 aliphatic heterocycles. The van der Waals surface area contributed by atoms with Gasteiger partial charge in [0, 0.05) is 24.7 Å². The molecule has 4 rings (SSSR count). The smallest absolute Gasteiger partial charge is 0.271 e. The highest BCUT2D eigenvalue weighted by Crippen LogP contribution is 2.25. The molecule has 9 nitrogen and oxygen atoms in total. The van der Waals surface area contributed by atoms with Crippen LogP contribution >= 0.6 is 11.5 Å². The van der Waals surface area contributed by atoms with Gasteiger partial charge in [-0.15, -0.1) is 0 Å². The van der Waals surface area contributed by atoms with Crippen LogP contribution in [0.1, 0.15) is 58.8 Å². The lowest BCUT2D eigenvalue weighted by Crippen LogP contribution is -2.48. The predicted molar refractivity (Wildman–Crippen MR) is 136 cm³/mol. The second kappa shape index (κ2) is 11.6. The minimum absolute atomic E-state index is 0.0186. The van der Waals surface area contributed by atoms with Crippen LogP contribution in [0.5, 0.6) is 0 Å². The molecule has 0 radical (unpaired) electrons. The number of nitrogens with two attached hydrogens (primary N) is 1. The molecule has 1 aromatic carbocycles. The van der Waals surface area contributed by atoms with Crippen LogP contribution in [-0.4, -0.2) is 45.3 Å². The van der Waals surface area contributed by atoms with Gasteiger partial charge in [0.25, 0.3) is 11.8 Å². The number of primary amides is 1. The molecule has 2 amide bonds. The molecule has 2 aromatic heterocycles. The zero-order valence-electron chi connectivity index (χ0n) is 20.0. The number of nitrogens with one attached hydrogen (secondary N) is 2. The number of carbonyl (C=O) groups excluding carboxylic acids is 2. The van der Waals surface area contributed by atoms with E-state index < -0.39 is 5.91 Å². The standard InChI is InChI=1S/C22H25N7O2S.C2H6/c1-13-5-3-6-15(9-13)22(31)25-16-7-4-8-29(12-16)17-11-24-19(20(23)30)21(26-17)27-18-10-14(2)28-32-18;1-2/h3,5-6,9-11,16H,4,7-8,12H2,1-2H3,(H2,23,30)(H,25,31)(H,26,27);1-2H3/t16-;/m1./s1. The molecule has 3 aromatic rings. The van der Waals surface area contributed by atoms with E-state index in [1.54, 1.807) is 6.20 Å². The Balaban J connectivity index is 0.00000158. The Kier molecular flexibility index (Phi) is 8.53. The molecule has 1 fully saturated rings. The number of piperidine rings is 1. The van der Waals surface area contributed by atoms with Crippen LogP contribution in [0.3, 0.4) is 0 Å². The molecule has 34 heavy (non-hydrogen) atoms. The van der Waals surface area contributed by atoms with Crippen molar-refractivity contribution < 1.29 is 9.59 Å². The quantitative estimate of drug-likeness (QED) is 0.488. The van der Waals surface area contributed by atoms with E-state index in [0.29, 0.717) is 23.7 Å². The Labute approximate surface area is 204 Å². The van der Waals surface area contributed by atoms with Gasteiger partial charge in [0.05, 0.1) is 11.9 Å². The summed E-state index contributed by atoms with van der Waals surface area (Å²) in [6.07, 6.45) is 3.33. The molecule has 1 aliphatic rings. The van der Waals surface area contributed by atoms with E-state index in [1.807, 2.05) is 58.0 Å². The van der Waals surface area contributed by atoms with Crippen LogP contribution in [0.4, 0.5) is 16.6 Å². The van der Waals surface area contributed by atoms with Gasteiger partial charge in [-0.05, 0) is 56.4 Å². The average Bonchev–Trinajstić information content (AvgIpc) is 3.24. The monoisotopic (exact) mass is 481 g/mol. The van der Waals surface area contributed by atoms with Gasteiger partial charge in [0.15, 0.2) is 11.5 Å². The lowest BCUT2D eigenvalue weighted by molar-refractivity contribution is 0.0931. The minimum Gasteiger partial charge on any atom is -0.364 e. The summed E-state index contributed by atoms with van der Waals surface area (Å²) in [6.45, 7) is 9.23. The van der Waals surface area contributed by atoms with Crippen molar-refractivity contribution in [2.45, 2.75) is 46.6 Å². The fraction of sp³-hybridized carbons (Fsp3) is 0.375. The predicted octanol–water partition coefficient (Wildman–Crippen LogP) is 3.82. The molecular weight excluding hydrogens is 450 g/mol. The van der Waals surface area contributed by atoms with Crippen molar-refractivity contribution in [2.24, 2.45) is 5.73 Å². The average molecular weight is 482 g/mol. The van der Waals surface area contributed by atoms with Gasteiger partial charge in [-0.2, -0.15) is 4.37 Å². The molecule has 0 spiro atoms. The van der Waals surface area contributed by atoms with Crippen molar-refractivity contribution in [3.05, 3.63) is 59.0 Å². The third-order valence-corrected chi connectivity index (χ3v) is 6.02. The third kappa shape index (κ3) is 6.28. The summed E-state index contributed by atoms with van der Waals surface area (Å²) in [6, 6.07) is 9.38. The summed E-state index contributed by atoms with van der Waals surface area (Å²) in [5, 5.41) is 6.98. The summed E-state index contributed by atoms with van der Waals surface area (Å²) >= 11 is 1.27. The molecule has 3 heterocycles. The van der Waals surface area contributed by atoms with E-state index >= 15 is 0 Å². The summed E-state index contributed by atoms with van der Waals surface area (Å²) in [5.74, 6) is 0.172. The first kappa shape index (κ1) is 25.1. The van der Waals surface area contributed by atoms with E-state index in [9.17, 15) is 9.59 Å². The number of carbonyl (C=O) groups is 2. The number of anilines is 3. The molecule has 0 aliphatic carbocycles. The summed E-state index contributed by atoms with van der Waals surface area (Å²) in [4.78, 5) is 35.4. The Morgan fingerprint density at radius 3 is 2.68 bits per heavy atom. The van der Waals surface area contributed by atoms with Crippen molar-refractivity contribution in [1.29, 1.82) is 0 Å². The maximum absolute atomic E-state index is 12.7. The molecule has 10 heteroatoms. The lowest BCUT2D eigenvalue weighted by Gasteiger charge is -2.34. The molecule has 0 saturated carbocycles. The largest absolute Gasteiger partial charge is 0.364 e. The van der Waals surface area contributed by atoms with Crippen molar-refractivity contribution >= 4 is 40.0 Å². The second-order valence-electron chi connectivity index (χ2n) is 7.88. The van der Waals surface area contributed by atoms with Crippen molar-refractivity contribution in [1.82, 2.24) is 19.7 Å². The Bertz CT molecular complexity index is 1150. The minimum atomic E-state index is -0.658. The van der Waals surface area contributed by atoms with Gasteiger partial charge in [-0.1, -0.05) is 31.5 Å². The van der Waals surface area contributed by atoms with Gasteiger partial charge < -0.3 is 21.3 Å². The number of aryl methyl sites for hydroxylation is 2. The Morgan fingerprint density at radius 2 is 2.00 bits per heavy atom. The van der Waals surface area contributed by atoms with Gasteiger partial charge in [0.1, 0.15) is 10.8 Å². The van der Waals surface area contributed by atoms with Crippen LogP contribution in [0, 0.1) is 13.8 Å². The van der Waals surface area contributed by atoms with E-state index in [2.05, 4.69) is 29.9 Å². The topological polar surface area (TPSA) is 126 Å². The van der Waals surface area contributed by atoms with Crippen molar-refractivity contribution in [3.63, 3.8) is 0 Å². The highest BCUT2D eigenvalue weighted by atomic mass is 32.1. The van der Waals surface area contributed by atoms with Crippen LogP contribution in [-0.2, 0) is 0 Å². The molecule has 1 saturated heterocycles. The Hall–Kier alpha value is -3.53. The number of aromatic nitrogens is 3. The van der Waals surface area contributed by atoms with E-state index in [-0.39, 0.29) is 17.6 Å². The molecular formula is C24H31N7O2S. The van der Waals surface area contributed by atoms with E-state index in [0.717, 1.165) is 35.6 Å². The number of benzene rings is 1. The van der Waals surface area contributed by atoms with Gasteiger partial charge in [-0.3, -0.25) is 9.59 Å². The molecule has 1 atom stereocenters. The zero-order chi connectivity index (χ0) is 24.7. The number of hydrogen-bond donors (Lipinski definition) is 3.